The van der Waals surface area contributed by atoms with Crippen LogP contribution in [0.1, 0.15) is 44.5 Å². The first-order valence-corrected chi connectivity index (χ1v) is 25.2. The van der Waals surface area contributed by atoms with Gasteiger partial charge in [-0.15, -0.1) is 0 Å². The monoisotopic (exact) mass is 929 g/mol. The summed E-state index contributed by atoms with van der Waals surface area (Å²) < 4.78 is 13.4. The summed E-state index contributed by atoms with van der Waals surface area (Å²) in [5.41, 5.74) is 19.0. The van der Waals surface area contributed by atoms with E-state index in [1.165, 1.54) is 77.2 Å². The van der Waals surface area contributed by atoms with Crippen LogP contribution in [0.5, 0.6) is 23.0 Å². The lowest BCUT2D eigenvalue weighted by Crippen LogP contribution is -2.32. The third kappa shape index (κ3) is 5.43. The van der Waals surface area contributed by atoms with Gasteiger partial charge in [0.25, 0.3) is 0 Å². The lowest BCUT2D eigenvalue weighted by molar-refractivity contribution is 0.436. The van der Waals surface area contributed by atoms with Crippen molar-refractivity contribution < 1.29 is 9.47 Å². The fourth-order valence-corrected chi connectivity index (χ4v) is 13.4. The highest BCUT2D eigenvalue weighted by molar-refractivity contribution is 6.08. The Balaban J connectivity index is 0.908. The van der Waals surface area contributed by atoms with Crippen molar-refractivity contribution >= 4 is 38.6 Å². The standard InChI is InChI=1S/C70H43NO2/c1-2-16-51-45(15-1)29-30-47-41-46(33-38-52(47)51)44-31-34-48(35-32-44)71(49-36-39-59-55(42-49)53-17-3-5-19-57(53)69(59)61-21-7-11-25-65(61)72-66-26-12-8-22-62(66)69)50-37-40-60-56(43-50)54-18-4-6-20-58(54)70(60)63-23-9-13-27-67(63)73-68-28-14-10-24-64(68)70/h1-43H. The van der Waals surface area contributed by atoms with Crippen molar-refractivity contribution in [2.75, 3.05) is 4.90 Å². The van der Waals surface area contributed by atoms with Gasteiger partial charge in [0, 0.05) is 39.3 Å². The maximum absolute atomic E-state index is 6.68. The Morgan fingerprint density at radius 3 is 1.15 bits per heavy atom. The summed E-state index contributed by atoms with van der Waals surface area (Å²) in [7, 11) is 0. The minimum Gasteiger partial charge on any atom is -0.457 e. The molecule has 340 valence electrons. The minimum atomic E-state index is -0.559. The van der Waals surface area contributed by atoms with Crippen LogP contribution >= 0.6 is 0 Å². The molecular weight excluding hydrogens is 887 g/mol. The Hall–Kier alpha value is -9.44. The van der Waals surface area contributed by atoms with Gasteiger partial charge in [0.1, 0.15) is 23.0 Å². The van der Waals surface area contributed by atoms with Crippen LogP contribution in [0, 0.1) is 0 Å². The van der Waals surface area contributed by atoms with Crippen molar-refractivity contribution in [3.05, 3.63) is 305 Å². The van der Waals surface area contributed by atoms with Crippen molar-refractivity contribution in [3.63, 3.8) is 0 Å². The Bertz CT molecular complexity index is 4010. The Kier molecular flexibility index (Phi) is 8.30. The Morgan fingerprint density at radius 2 is 0.630 bits per heavy atom. The number of para-hydroxylation sites is 4. The molecule has 0 fully saturated rings. The molecule has 0 saturated carbocycles. The molecule has 2 heterocycles. The van der Waals surface area contributed by atoms with Crippen LogP contribution in [0.25, 0.3) is 54.9 Å². The van der Waals surface area contributed by atoms with Gasteiger partial charge in [-0.1, -0.05) is 194 Å². The maximum atomic E-state index is 6.68. The van der Waals surface area contributed by atoms with E-state index in [1.54, 1.807) is 0 Å². The number of hydrogen-bond donors (Lipinski definition) is 0. The highest BCUT2D eigenvalue weighted by atomic mass is 16.5. The fraction of sp³-hybridized carbons (Fsp3) is 0.0286. The van der Waals surface area contributed by atoms with Crippen molar-refractivity contribution in [2.45, 2.75) is 10.8 Å². The van der Waals surface area contributed by atoms with Crippen LogP contribution in [0.2, 0.25) is 0 Å². The van der Waals surface area contributed by atoms with Crippen LogP contribution in [0.4, 0.5) is 17.1 Å². The summed E-state index contributed by atoms with van der Waals surface area (Å²) >= 11 is 0. The first-order chi connectivity index (χ1) is 36.2. The molecule has 0 amide bonds. The van der Waals surface area contributed by atoms with Gasteiger partial charge >= 0.3 is 0 Å². The quantitative estimate of drug-likeness (QED) is 0.164. The van der Waals surface area contributed by atoms with E-state index in [2.05, 4.69) is 266 Å². The Labute approximate surface area is 423 Å². The molecule has 2 aliphatic carbocycles. The van der Waals surface area contributed by atoms with Gasteiger partial charge in [0.05, 0.1) is 10.8 Å². The van der Waals surface area contributed by atoms with Crippen molar-refractivity contribution in [1.29, 1.82) is 0 Å². The molecule has 0 saturated heterocycles. The average Bonchev–Trinajstić information content (AvgIpc) is 3.91. The van der Waals surface area contributed by atoms with E-state index in [1.807, 2.05) is 0 Å². The number of nitrogens with zero attached hydrogens (tertiary/aromatic N) is 1. The van der Waals surface area contributed by atoms with Gasteiger partial charge in [0.15, 0.2) is 0 Å². The summed E-state index contributed by atoms with van der Waals surface area (Å²) in [5.74, 6) is 3.56. The molecule has 4 aliphatic rings. The van der Waals surface area contributed by atoms with Crippen LogP contribution in [-0.4, -0.2) is 0 Å². The van der Waals surface area contributed by atoms with E-state index in [4.69, 9.17) is 9.47 Å². The second-order valence-electron chi connectivity index (χ2n) is 19.8. The zero-order chi connectivity index (χ0) is 47.8. The van der Waals surface area contributed by atoms with Crippen LogP contribution < -0.4 is 14.4 Å². The molecule has 0 atom stereocenters. The van der Waals surface area contributed by atoms with Gasteiger partial charge in [-0.2, -0.15) is 0 Å². The molecule has 0 radical (unpaired) electrons. The summed E-state index contributed by atoms with van der Waals surface area (Å²) in [6.07, 6.45) is 0. The third-order valence-electron chi connectivity index (χ3n) is 16.4. The van der Waals surface area contributed by atoms with E-state index in [9.17, 15) is 0 Å². The second kappa shape index (κ2) is 15.0. The average molecular weight is 930 g/mol. The Morgan fingerprint density at radius 1 is 0.247 bits per heavy atom. The number of benzene rings is 12. The molecule has 12 aromatic rings. The lowest BCUT2D eigenvalue weighted by Gasteiger charge is -2.39. The molecule has 0 N–H and O–H groups in total. The highest BCUT2D eigenvalue weighted by Gasteiger charge is 2.53. The fourth-order valence-electron chi connectivity index (χ4n) is 13.4. The highest BCUT2D eigenvalue weighted by Crippen LogP contribution is 2.64. The van der Waals surface area contributed by atoms with Crippen LogP contribution in [-0.2, 0) is 10.8 Å². The smallest absolute Gasteiger partial charge is 0.132 e. The van der Waals surface area contributed by atoms with Gasteiger partial charge in [-0.25, -0.2) is 0 Å². The summed E-state index contributed by atoms with van der Waals surface area (Å²) in [6, 6.07) is 95.8. The van der Waals surface area contributed by atoms with Gasteiger partial charge in [-0.3, -0.25) is 0 Å². The topological polar surface area (TPSA) is 21.7 Å². The number of fused-ring (bicyclic) bond motifs is 21. The van der Waals surface area contributed by atoms with E-state index >= 15 is 0 Å². The lowest BCUT2D eigenvalue weighted by atomic mass is 9.66. The predicted molar refractivity (Wildman–Crippen MR) is 296 cm³/mol. The molecule has 73 heavy (non-hydrogen) atoms. The molecular formula is C70H43NO2. The predicted octanol–water partition coefficient (Wildman–Crippen LogP) is 18.1. The van der Waals surface area contributed by atoms with Crippen molar-refractivity contribution in [2.24, 2.45) is 0 Å². The molecule has 2 spiro atoms. The van der Waals surface area contributed by atoms with E-state index in [0.29, 0.717) is 0 Å². The van der Waals surface area contributed by atoms with Crippen LogP contribution in [0.3, 0.4) is 0 Å². The summed E-state index contributed by atoms with van der Waals surface area (Å²) in [6.45, 7) is 0. The first-order valence-electron chi connectivity index (χ1n) is 25.2. The molecule has 2 aliphatic heterocycles. The SMILES string of the molecule is c1ccc2c(c1)Oc1ccccc1C21c2ccccc2-c2cc(N(c3ccc(-c4ccc5c(ccc6ccccc65)c4)cc3)c3ccc4c(c3)-c3ccccc3C43c4ccccc4Oc4ccccc43)ccc21. The molecule has 3 heteroatoms. The van der Waals surface area contributed by atoms with E-state index in [-0.39, 0.29) is 0 Å². The normalized spacial score (nSPS) is 14.2. The van der Waals surface area contributed by atoms with E-state index < -0.39 is 10.8 Å². The molecule has 12 aromatic carbocycles. The molecule has 16 rings (SSSR count). The van der Waals surface area contributed by atoms with Crippen molar-refractivity contribution in [3.8, 4) is 56.4 Å². The van der Waals surface area contributed by atoms with Crippen molar-refractivity contribution in [1.82, 2.24) is 0 Å². The number of ether oxygens (including phenoxy) is 2. The van der Waals surface area contributed by atoms with Gasteiger partial charge < -0.3 is 14.4 Å². The number of anilines is 3. The second-order valence-corrected chi connectivity index (χ2v) is 19.8. The zero-order valence-corrected chi connectivity index (χ0v) is 39.6. The van der Waals surface area contributed by atoms with Gasteiger partial charge in [0.2, 0.25) is 0 Å². The van der Waals surface area contributed by atoms with Gasteiger partial charge in [-0.05, 0) is 144 Å². The zero-order valence-electron chi connectivity index (χ0n) is 39.6. The molecule has 0 unspecified atom stereocenters. The molecule has 3 nitrogen and oxygen atoms in total. The minimum absolute atomic E-state index is 0.559. The summed E-state index contributed by atoms with van der Waals surface area (Å²) in [5, 5.41) is 5.04. The van der Waals surface area contributed by atoms with Crippen LogP contribution in [0.15, 0.2) is 261 Å². The summed E-state index contributed by atoms with van der Waals surface area (Å²) in [4.78, 5) is 2.45. The third-order valence-corrected chi connectivity index (χ3v) is 16.4. The maximum Gasteiger partial charge on any atom is 0.132 e. The molecule has 0 aromatic heterocycles. The largest absolute Gasteiger partial charge is 0.457 e. The van der Waals surface area contributed by atoms with E-state index in [0.717, 1.165) is 62.3 Å². The number of hydrogen-bond acceptors (Lipinski definition) is 3. The molecule has 0 bridgehead atoms. The first kappa shape index (κ1) is 40.3. The number of rotatable bonds is 4.